The second-order valence-electron chi connectivity index (χ2n) is 4.52. The Kier molecular flexibility index (Phi) is 11.0. The molecule has 0 spiro atoms. The minimum atomic E-state index is -0.483. The third kappa shape index (κ3) is 5.13. The summed E-state index contributed by atoms with van der Waals surface area (Å²) in [5.74, 6) is 0. The standard InChI is InChI=1S/C12H28NO2.BrH/c1-5-7-9-13(11(3)14,12(4)15)10-8-6-2;/h11-12,14-15H,5-10H2,1-4H3;1H/q+1;/p-1. The van der Waals surface area contributed by atoms with E-state index in [1.54, 1.807) is 13.8 Å². The van der Waals surface area contributed by atoms with Gasteiger partial charge in [-0.1, -0.05) is 26.7 Å². The van der Waals surface area contributed by atoms with Gasteiger partial charge >= 0.3 is 0 Å². The zero-order valence-electron chi connectivity index (χ0n) is 11.1. The van der Waals surface area contributed by atoms with Crippen molar-refractivity contribution < 1.29 is 31.7 Å². The van der Waals surface area contributed by atoms with Gasteiger partial charge < -0.3 is 27.2 Å². The summed E-state index contributed by atoms with van der Waals surface area (Å²) < 4.78 is 0.432. The van der Waals surface area contributed by atoms with E-state index in [1.807, 2.05) is 0 Å². The Labute approximate surface area is 111 Å². The number of nitrogens with zero attached hydrogens (tertiary/aromatic N) is 1. The van der Waals surface area contributed by atoms with E-state index >= 15 is 0 Å². The van der Waals surface area contributed by atoms with E-state index in [9.17, 15) is 10.2 Å². The average molecular weight is 298 g/mol. The zero-order valence-corrected chi connectivity index (χ0v) is 12.7. The van der Waals surface area contributed by atoms with Crippen LogP contribution in [0.1, 0.15) is 53.4 Å². The van der Waals surface area contributed by atoms with Gasteiger partial charge in [-0.3, -0.25) is 4.48 Å². The normalized spacial score (nSPS) is 15.4. The Balaban J connectivity index is 0. The fraction of sp³-hybridized carbons (Fsp3) is 1.00. The van der Waals surface area contributed by atoms with Crippen molar-refractivity contribution in [1.29, 1.82) is 0 Å². The summed E-state index contributed by atoms with van der Waals surface area (Å²) in [5, 5.41) is 19.8. The molecule has 0 bridgehead atoms. The maximum atomic E-state index is 9.90. The van der Waals surface area contributed by atoms with Crippen molar-refractivity contribution in [3.63, 3.8) is 0 Å². The van der Waals surface area contributed by atoms with Crippen LogP contribution in [0, 0.1) is 0 Å². The Morgan fingerprint density at radius 3 is 1.38 bits per heavy atom. The topological polar surface area (TPSA) is 40.5 Å². The van der Waals surface area contributed by atoms with Gasteiger partial charge in [0.05, 0.1) is 13.1 Å². The molecule has 0 heterocycles. The van der Waals surface area contributed by atoms with Crippen molar-refractivity contribution in [1.82, 2.24) is 0 Å². The third-order valence-electron chi connectivity index (χ3n) is 3.34. The highest BCUT2D eigenvalue weighted by Crippen LogP contribution is 2.20. The van der Waals surface area contributed by atoms with Gasteiger partial charge in [0.1, 0.15) is 0 Å². The Bertz CT molecular complexity index is 145. The smallest absolute Gasteiger partial charge is 0.189 e. The van der Waals surface area contributed by atoms with E-state index < -0.39 is 12.5 Å². The van der Waals surface area contributed by atoms with Gasteiger partial charge in [0.15, 0.2) is 12.5 Å². The van der Waals surface area contributed by atoms with E-state index in [2.05, 4.69) is 13.8 Å². The molecule has 3 nitrogen and oxygen atoms in total. The first kappa shape index (κ1) is 18.7. The summed E-state index contributed by atoms with van der Waals surface area (Å²) in [6.07, 6.45) is 3.35. The summed E-state index contributed by atoms with van der Waals surface area (Å²) in [6.45, 7) is 9.59. The number of aliphatic hydroxyl groups excluding tert-OH is 2. The van der Waals surface area contributed by atoms with Crippen molar-refractivity contribution in [2.75, 3.05) is 13.1 Å². The molecule has 0 saturated carbocycles. The van der Waals surface area contributed by atoms with Crippen LogP contribution in [0.2, 0.25) is 0 Å². The number of rotatable bonds is 8. The lowest BCUT2D eigenvalue weighted by molar-refractivity contribution is -1.01. The lowest BCUT2D eigenvalue weighted by atomic mass is 10.2. The number of hydrogen-bond donors (Lipinski definition) is 2. The van der Waals surface area contributed by atoms with E-state index in [1.165, 1.54) is 0 Å². The van der Waals surface area contributed by atoms with E-state index in [4.69, 9.17) is 0 Å². The average Bonchev–Trinajstić information content (AvgIpc) is 2.17. The summed E-state index contributed by atoms with van der Waals surface area (Å²) in [5.41, 5.74) is 0. The van der Waals surface area contributed by atoms with Crippen LogP contribution in [-0.4, -0.2) is 40.2 Å². The van der Waals surface area contributed by atoms with Crippen LogP contribution in [-0.2, 0) is 0 Å². The van der Waals surface area contributed by atoms with Crippen molar-refractivity contribution in [3.05, 3.63) is 0 Å². The molecule has 0 amide bonds. The van der Waals surface area contributed by atoms with E-state index in [0.29, 0.717) is 4.48 Å². The van der Waals surface area contributed by atoms with Gasteiger partial charge in [-0.25, -0.2) is 0 Å². The minimum absolute atomic E-state index is 0. The van der Waals surface area contributed by atoms with Gasteiger partial charge in [-0.15, -0.1) is 0 Å². The molecule has 4 heteroatoms. The molecule has 2 unspecified atom stereocenters. The van der Waals surface area contributed by atoms with Crippen LogP contribution in [0.5, 0.6) is 0 Å². The first-order chi connectivity index (χ1) is 7.01. The molecule has 100 valence electrons. The maximum absolute atomic E-state index is 9.90. The Morgan fingerprint density at radius 2 is 1.19 bits per heavy atom. The highest BCUT2D eigenvalue weighted by atomic mass is 79.9. The van der Waals surface area contributed by atoms with Crippen molar-refractivity contribution in [3.8, 4) is 0 Å². The number of hydrogen-bond acceptors (Lipinski definition) is 2. The van der Waals surface area contributed by atoms with Gasteiger partial charge in [0, 0.05) is 13.8 Å². The summed E-state index contributed by atoms with van der Waals surface area (Å²) in [6, 6.07) is 0. The van der Waals surface area contributed by atoms with Gasteiger partial charge in [-0.2, -0.15) is 0 Å². The molecule has 16 heavy (non-hydrogen) atoms. The summed E-state index contributed by atoms with van der Waals surface area (Å²) in [7, 11) is 0. The molecule has 0 aromatic carbocycles. The highest BCUT2D eigenvalue weighted by molar-refractivity contribution is 4.48. The van der Waals surface area contributed by atoms with E-state index in [0.717, 1.165) is 38.8 Å². The quantitative estimate of drug-likeness (QED) is 0.450. The monoisotopic (exact) mass is 297 g/mol. The zero-order chi connectivity index (χ0) is 11.9. The highest BCUT2D eigenvalue weighted by Gasteiger charge is 2.36. The molecule has 0 aliphatic rings. The van der Waals surface area contributed by atoms with Crippen LogP contribution in [0.3, 0.4) is 0 Å². The third-order valence-corrected chi connectivity index (χ3v) is 3.34. The van der Waals surface area contributed by atoms with Crippen LogP contribution in [0.4, 0.5) is 0 Å². The second kappa shape index (κ2) is 9.40. The molecule has 2 atom stereocenters. The van der Waals surface area contributed by atoms with Crippen LogP contribution >= 0.6 is 0 Å². The molecule has 0 radical (unpaired) electrons. The molecule has 0 aliphatic heterocycles. The Morgan fingerprint density at radius 1 is 0.875 bits per heavy atom. The van der Waals surface area contributed by atoms with Gasteiger partial charge in [0.25, 0.3) is 0 Å². The molecule has 0 aliphatic carbocycles. The fourth-order valence-corrected chi connectivity index (χ4v) is 2.08. The summed E-state index contributed by atoms with van der Waals surface area (Å²) in [4.78, 5) is 0. The first-order valence-electron chi connectivity index (χ1n) is 6.23. The van der Waals surface area contributed by atoms with Gasteiger partial charge in [0.2, 0.25) is 0 Å². The maximum Gasteiger partial charge on any atom is 0.189 e. The Hall–Kier alpha value is 0.360. The fourth-order valence-electron chi connectivity index (χ4n) is 2.08. The molecular weight excluding hydrogens is 270 g/mol. The van der Waals surface area contributed by atoms with Crippen LogP contribution in [0.15, 0.2) is 0 Å². The van der Waals surface area contributed by atoms with Crippen LogP contribution in [0.25, 0.3) is 0 Å². The molecule has 0 aromatic heterocycles. The lowest BCUT2D eigenvalue weighted by Gasteiger charge is -2.43. The summed E-state index contributed by atoms with van der Waals surface area (Å²) >= 11 is 0. The van der Waals surface area contributed by atoms with Crippen molar-refractivity contribution >= 4 is 0 Å². The van der Waals surface area contributed by atoms with E-state index in [-0.39, 0.29) is 17.0 Å². The molecule has 0 aromatic rings. The van der Waals surface area contributed by atoms with Crippen LogP contribution < -0.4 is 17.0 Å². The van der Waals surface area contributed by atoms with Gasteiger partial charge in [-0.05, 0) is 12.8 Å². The molecule has 0 fully saturated rings. The predicted molar refractivity (Wildman–Crippen MR) is 63.2 cm³/mol. The molecule has 2 N–H and O–H groups in total. The first-order valence-corrected chi connectivity index (χ1v) is 6.23. The molecule has 0 rings (SSSR count). The number of unbranched alkanes of at least 4 members (excludes halogenated alkanes) is 2. The lowest BCUT2D eigenvalue weighted by Crippen LogP contribution is -3.00. The predicted octanol–water partition coefficient (Wildman–Crippen LogP) is -0.916. The minimum Gasteiger partial charge on any atom is -1.00 e. The SMILES string of the molecule is CCCC[N+](CCCC)(C(C)O)C(C)O.[Br-]. The van der Waals surface area contributed by atoms with Crippen molar-refractivity contribution in [2.45, 2.75) is 65.8 Å². The number of halogens is 1. The molecular formula is C12H28BrNO2. The largest absolute Gasteiger partial charge is 1.00 e. The number of aliphatic hydroxyl groups is 2. The second-order valence-corrected chi connectivity index (χ2v) is 4.52. The molecule has 0 saturated heterocycles. The number of quaternary nitrogens is 1. The van der Waals surface area contributed by atoms with Crippen molar-refractivity contribution in [2.24, 2.45) is 0 Å².